The summed E-state index contributed by atoms with van der Waals surface area (Å²) in [4.78, 5) is 19.3. The van der Waals surface area contributed by atoms with Gasteiger partial charge >= 0.3 is 6.18 Å². The molecule has 0 saturated carbocycles. The normalized spacial score (nSPS) is 12.7. The lowest BCUT2D eigenvalue weighted by atomic mass is 9.95. The third kappa shape index (κ3) is 4.27. The monoisotopic (exact) mass is 295 g/mol. The van der Waals surface area contributed by atoms with Crippen molar-refractivity contribution in [2.45, 2.75) is 18.5 Å². The number of hydrogen-bond acceptors (Lipinski definition) is 3. The van der Waals surface area contributed by atoms with E-state index >= 15 is 0 Å². The highest BCUT2D eigenvalue weighted by Crippen LogP contribution is 2.37. The molecule has 0 spiro atoms. The Kier molecular flexibility index (Phi) is 4.52. The van der Waals surface area contributed by atoms with Crippen LogP contribution in [0.4, 0.5) is 19.0 Å². The highest BCUT2D eigenvalue weighted by Gasteiger charge is 2.41. The third-order valence-electron chi connectivity index (χ3n) is 2.82. The first-order valence-corrected chi connectivity index (χ1v) is 6.14. The van der Waals surface area contributed by atoms with Crippen LogP contribution >= 0.6 is 0 Å². The molecule has 2 aromatic rings. The van der Waals surface area contributed by atoms with Gasteiger partial charge in [0.1, 0.15) is 0 Å². The van der Waals surface area contributed by atoms with Crippen molar-refractivity contribution in [1.82, 2.24) is 9.97 Å². The van der Waals surface area contributed by atoms with Crippen molar-refractivity contribution in [2.24, 2.45) is 0 Å². The zero-order valence-electron chi connectivity index (χ0n) is 10.8. The van der Waals surface area contributed by atoms with Gasteiger partial charge in [0, 0.05) is 18.8 Å². The lowest BCUT2D eigenvalue weighted by Crippen LogP contribution is -2.26. The summed E-state index contributed by atoms with van der Waals surface area (Å²) in [5.41, 5.74) is 0.0549. The van der Waals surface area contributed by atoms with Gasteiger partial charge in [0.15, 0.2) is 5.82 Å². The number of carbonyl (C=O) groups excluding carboxylic acids is 1. The Morgan fingerprint density at radius 2 is 1.90 bits per heavy atom. The number of alkyl halides is 3. The number of rotatable bonds is 4. The number of nitrogens with one attached hydrogen (secondary N) is 1. The zero-order chi connectivity index (χ0) is 15.3. The number of aromatic nitrogens is 2. The van der Waals surface area contributed by atoms with Crippen molar-refractivity contribution in [3.05, 3.63) is 54.5 Å². The summed E-state index contributed by atoms with van der Waals surface area (Å²) >= 11 is 0. The number of amides is 1. The molecule has 0 aliphatic rings. The van der Waals surface area contributed by atoms with Gasteiger partial charge in [-0.2, -0.15) is 13.2 Å². The molecule has 1 amide bonds. The Morgan fingerprint density at radius 1 is 1.19 bits per heavy atom. The Hall–Kier alpha value is -2.44. The molecule has 2 rings (SSSR count). The predicted octanol–water partition coefficient (Wildman–Crippen LogP) is 3.15. The fraction of sp³-hybridized carbons (Fsp3) is 0.214. The summed E-state index contributed by atoms with van der Waals surface area (Å²) in [7, 11) is 0. The van der Waals surface area contributed by atoms with Crippen LogP contribution < -0.4 is 5.32 Å². The van der Waals surface area contributed by atoms with Gasteiger partial charge in [-0.25, -0.2) is 4.98 Å². The van der Waals surface area contributed by atoms with E-state index in [1.54, 1.807) is 6.07 Å². The number of halogens is 3. The molecule has 4 nitrogen and oxygen atoms in total. The van der Waals surface area contributed by atoms with Crippen molar-refractivity contribution in [1.29, 1.82) is 0 Å². The SMILES string of the molecule is O=C(C[C@@H](c1ccccc1)C(F)(F)F)Nc1cnccn1. The van der Waals surface area contributed by atoms with E-state index in [1.165, 1.54) is 42.9 Å². The van der Waals surface area contributed by atoms with Crippen molar-refractivity contribution in [3.63, 3.8) is 0 Å². The van der Waals surface area contributed by atoms with Gasteiger partial charge in [-0.15, -0.1) is 0 Å². The number of nitrogens with zero attached hydrogens (tertiary/aromatic N) is 2. The van der Waals surface area contributed by atoms with Crippen LogP contribution in [-0.2, 0) is 4.79 Å². The lowest BCUT2D eigenvalue weighted by Gasteiger charge is -2.20. The molecular weight excluding hydrogens is 283 g/mol. The third-order valence-corrected chi connectivity index (χ3v) is 2.82. The fourth-order valence-corrected chi connectivity index (χ4v) is 1.85. The first-order valence-electron chi connectivity index (χ1n) is 6.14. The van der Waals surface area contributed by atoms with Crippen molar-refractivity contribution in [3.8, 4) is 0 Å². The molecule has 0 saturated heterocycles. The average molecular weight is 295 g/mol. The van der Waals surface area contributed by atoms with Crippen LogP contribution in [0, 0.1) is 0 Å². The topological polar surface area (TPSA) is 54.9 Å². The van der Waals surface area contributed by atoms with Crippen LogP contribution in [-0.4, -0.2) is 22.1 Å². The molecule has 0 aliphatic carbocycles. The minimum absolute atomic E-state index is 0.0549. The van der Waals surface area contributed by atoms with Crippen molar-refractivity contribution in [2.75, 3.05) is 5.32 Å². The largest absolute Gasteiger partial charge is 0.396 e. The van der Waals surface area contributed by atoms with Crippen LogP contribution in [0.5, 0.6) is 0 Å². The number of hydrogen-bond donors (Lipinski definition) is 1. The molecular formula is C14H12F3N3O. The van der Waals surface area contributed by atoms with Crippen LogP contribution in [0.1, 0.15) is 17.9 Å². The van der Waals surface area contributed by atoms with E-state index in [1.807, 2.05) is 0 Å². The maximum Gasteiger partial charge on any atom is 0.396 e. The molecule has 110 valence electrons. The van der Waals surface area contributed by atoms with Gasteiger partial charge in [0.2, 0.25) is 5.91 Å². The average Bonchev–Trinajstić information content (AvgIpc) is 2.45. The molecule has 1 aromatic carbocycles. The maximum absolute atomic E-state index is 13.1. The summed E-state index contributed by atoms with van der Waals surface area (Å²) in [5, 5.41) is 2.30. The van der Waals surface area contributed by atoms with Gasteiger partial charge in [-0.1, -0.05) is 30.3 Å². The van der Waals surface area contributed by atoms with E-state index in [2.05, 4.69) is 15.3 Å². The Morgan fingerprint density at radius 3 is 2.48 bits per heavy atom. The smallest absolute Gasteiger partial charge is 0.309 e. The number of anilines is 1. The van der Waals surface area contributed by atoms with Crippen LogP contribution in [0.3, 0.4) is 0 Å². The van der Waals surface area contributed by atoms with Crippen LogP contribution in [0.15, 0.2) is 48.9 Å². The summed E-state index contributed by atoms with van der Waals surface area (Å²) in [6, 6.07) is 7.35. The van der Waals surface area contributed by atoms with Gasteiger partial charge in [0.05, 0.1) is 12.1 Å². The zero-order valence-corrected chi connectivity index (χ0v) is 10.8. The number of carbonyl (C=O) groups is 1. The quantitative estimate of drug-likeness (QED) is 0.942. The Labute approximate surface area is 119 Å². The molecule has 1 aromatic heterocycles. The second-order valence-corrected chi connectivity index (χ2v) is 4.35. The molecule has 0 bridgehead atoms. The molecule has 0 unspecified atom stereocenters. The lowest BCUT2D eigenvalue weighted by molar-refractivity contribution is -0.155. The molecule has 0 fully saturated rings. The minimum atomic E-state index is -4.50. The van der Waals surface area contributed by atoms with Crippen molar-refractivity contribution >= 4 is 11.7 Å². The van der Waals surface area contributed by atoms with Gasteiger partial charge in [0.25, 0.3) is 0 Å². The maximum atomic E-state index is 13.1. The summed E-state index contributed by atoms with van der Waals surface area (Å²) in [6.45, 7) is 0. The minimum Gasteiger partial charge on any atom is -0.309 e. The highest BCUT2D eigenvalue weighted by molar-refractivity contribution is 5.90. The summed E-state index contributed by atoms with van der Waals surface area (Å²) < 4.78 is 39.3. The molecule has 1 N–H and O–H groups in total. The van der Waals surface area contributed by atoms with E-state index in [9.17, 15) is 18.0 Å². The molecule has 21 heavy (non-hydrogen) atoms. The second-order valence-electron chi connectivity index (χ2n) is 4.35. The first kappa shape index (κ1) is 15.0. The predicted molar refractivity (Wildman–Crippen MR) is 70.5 cm³/mol. The summed E-state index contributed by atoms with van der Waals surface area (Å²) in [5.74, 6) is -2.49. The second kappa shape index (κ2) is 6.34. The molecule has 1 heterocycles. The summed E-state index contributed by atoms with van der Waals surface area (Å²) in [6.07, 6.45) is -1.19. The van der Waals surface area contributed by atoms with E-state index in [0.717, 1.165) is 0 Å². The molecule has 0 radical (unpaired) electrons. The van der Waals surface area contributed by atoms with E-state index in [4.69, 9.17) is 0 Å². The van der Waals surface area contributed by atoms with Crippen LogP contribution in [0.25, 0.3) is 0 Å². The standard InChI is InChI=1S/C14H12F3N3O/c15-14(16,17)11(10-4-2-1-3-5-10)8-13(21)20-12-9-18-6-7-19-12/h1-7,9,11H,8H2,(H,19,20,21)/t11-/m0/s1. The molecule has 7 heteroatoms. The van der Waals surface area contributed by atoms with Crippen molar-refractivity contribution < 1.29 is 18.0 Å². The van der Waals surface area contributed by atoms with Gasteiger partial charge in [-0.05, 0) is 5.56 Å². The number of benzene rings is 1. The fourth-order valence-electron chi connectivity index (χ4n) is 1.85. The van der Waals surface area contributed by atoms with Gasteiger partial charge < -0.3 is 5.32 Å². The Bertz CT molecular complexity index is 587. The van der Waals surface area contributed by atoms with E-state index < -0.39 is 24.4 Å². The van der Waals surface area contributed by atoms with Crippen LogP contribution in [0.2, 0.25) is 0 Å². The van der Waals surface area contributed by atoms with Gasteiger partial charge in [-0.3, -0.25) is 9.78 Å². The first-order chi connectivity index (χ1) is 9.97. The molecule has 1 atom stereocenters. The van der Waals surface area contributed by atoms with E-state index in [0.29, 0.717) is 0 Å². The Balaban J connectivity index is 2.11. The molecule has 0 aliphatic heterocycles. The highest BCUT2D eigenvalue weighted by atomic mass is 19.4. The van der Waals surface area contributed by atoms with E-state index in [-0.39, 0.29) is 11.4 Å².